The minimum Gasteiger partial charge on any atom is -0.456 e. The maximum atomic E-state index is 6.55. The Hall–Kier alpha value is -6.68. The molecule has 3 heteroatoms. The summed E-state index contributed by atoms with van der Waals surface area (Å²) < 4.78 is 9.09. The fourth-order valence-electron chi connectivity index (χ4n) is 8.26. The lowest BCUT2D eigenvalue weighted by atomic mass is 9.89. The monoisotopic (exact) mass is 693 g/mol. The van der Waals surface area contributed by atoms with E-state index in [1.807, 2.05) is 17.4 Å². The van der Waals surface area contributed by atoms with Gasteiger partial charge in [-0.3, -0.25) is 0 Å². The minimum atomic E-state index is 0.871. The number of hydrogen-bond acceptors (Lipinski definition) is 3. The fourth-order valence-corrected chi connectivity index (χ4v) is 9.46. The zero-order chi connectivity index (χ0) is 34.9. The molecule has 0 aliphatic rings. The molecule has 11 rings (SSSR count). The molecule has 9 aromatic carbocycles. The smallest absolute Gasteiger partial charge is 0.137 e. The van der Waals surface area contributed by atoms with Crippen LogP contribution in [0.2, 0.25) is 0 Å². The lowest BCUT2D eigenvalue weighted by Gasteiger charge is -2.31. The summed E-state index contributed by atoms with van der Waals surface area (Å²) in [7, 11) is 0. The van der Waals surface area contributed by atoms with E-state index in [4.69, 9.17) is 4.42 Å². The Morgan fingerprint density at radius 1 is 0.377 bits per heavy atom. The minimum absolute atomic E-state index is 0.871. The van der Waals surface area contributed by atoms with Crippen molar-refractivity contribution in [3.05, 3.63) is 188 Å². The standard InChI is InChI=1S/C50H31NOS/c1-2-13-32(14-3-1)33-25-27-34(28-26-33)48-41-19-6-4-15-36(41)37-16-5-7-20-42(37)49(48)51(35-29-30-39-38-17-8-10-23-45(38)52-46(39)31-35)44-22-12-21-43-40-18-9-11-24-47(40)53-50(43)44/h1-31H. The van der Waals surface area contributed by atoms with Gasteiger partial charge in [0.05, 0.1) is 16.1 Å². The maximum absolute atomic E-state index is 6.55. The molecular formula is C50H31NOS. The van der Waals surface area contributed by atoms with E-state index in [1.165, 1.54) is 64.0 Å². The van der Waals surface area contributed by atoms with Crippen LogP contribution in [0, 0.1) is 0 Å². The first kappa shape index (κ1) is 30.0. The summed E-state index contributed by atoms with van der Waals surface area (Å²) in [6.07, 6.45) is 0. The van der Waals surface area contributed by atoms with Crippen LogP contribution in [0.5, 0.6) is 0 Å². The molecule has 248 valence electrons. The molecule has 0 unspecified atom stereocenters. The average Bonchev–Trinajstić information content (AvgIpc) is 3.80. The molecule has 0 aliphatic carbocycles. The van der Waals surface area contributed by atoms with Crippen molar-refractivity contribution in [1.29, 1.82) is 0 Å². The molecule has 0 saturated carbocycles. The predicted molar refractivity (Wildman–Crippen MR) is 227 cm³/mol. The molecule has 0 spiro atoms. The zero-order valence-corrected chi connectivity index (χ0v) is 29.5. The van der Waals surface area contributed by atoms with E-state index in [0.717, 1.165) is 39.0 Å². The molecule has 2 heterocycles. The van der Waals surface area contributed by atoms with Gasteiger partial charge in [0, 0.05) is 48.9 Å². The SMILES string of the molecule is c1ccc(-c2ccc(-c3c(N(c4ccc5c(c4)oc4ccccc45)c4cccc5c4sc4ccccc45)c4ccccc4c4ccccc34)cc2)cc1. The third kappa shape index (κ3) is 4.71. The van der Waals surface area contributed by atoms with E-state index in [0.29, 0.717) is 0 Å². The van der Waals surface area contributed by atoms with Gasteiger partial charge in [0.1, 0.15) is 11.2 Å². The van der Waals surface area contributed by atoms with Crippen LogP contribution in [0.3, 0.4) is 0 Å². The van der Waals surface area contributed by atoms with E-state index in [9.17, 15) is 0 Å². The van der Waals surface area contributed by atoms with Gasteiger partial charge in [-0.15, -0.1) is 11.3 Å². The highest BCUT2D eigenvalue weighted by atomic mass is 32.1. The van der Waals surface area contributed by atoms with Crippen molar-refractivity contribution >= 4 is 92.1 Å². The summed E-state index contributed by atoms with van der Waals surface area (Å²) in [6.45, 7) is 0. The summed E-state index contributed by atoms with van der Waals surface area (Å²) in [6, 6.07) is 68.0. The van der Waals surface area contributed by atoms with Gasteiger partial charge in [-0.25, -0.2) is 0 Å². The number of furan rings is 1. The van der Waals surface area contributed by atoms with E-state index in [2.05, 4.69) is 187 Å². The van der Waals surface area contributed by atoms with Gasteiger partial charge in [-0.05, 0) is 63.2 Å². The van der Waals surface area contributed by atoms with Crippen molar-refractivity contribution in [2.75, 3.05) is 4.90 Å². The van der Waals surface area contributed by atoms with Gasteiger partial charge in [0.15, 0.2) is 0 Å². The number of nitrogens with zero attached hydrogens (tertiary/aromatic N) is 1. The highest BCUT2D eigenvalue weighted by Crippen LogP contribution is 2.52. The van der Waals surface area contributed by atoms with Gasteiger partial charge in [0.2, 0.25) is 0 Å². The van der Waals surface area contributed by atoms with Crippen molar-refractivity contribution < 1.29 is 4.42 Å². The highest BCUT2D eigenvalue weighted by Gasteiger charge is 2.26. The third-order valence-electron chi connectivity index (χ3n) is 10.7. The Morgan fingerprint density at radius 2 is 0.962 bits per heavy atom. The lowest BCUT2D eigenvalue weighted by molar-refractivity contribution is 0.669. The Morgan fingerprint density at radius 3 is 1.77 bits per heavy atom. The predicted octanol–water partition coefficient (Wildman–Crippen LogP) is 15.1. The number of fused-ring (bicyclic) bond motifs is 9. The van der Waals surface area contributed by atoms with Crippen molar-refractivity contribution in [1.82, 2.24) is 0 Å². The summed E-state index contributed by atoms with van der Waals surface area (Å²) in [5, 5.41) is 9.65. The molecule has 0 bridgehead atoms. The first-order valence-corrected chi connectivity index (χ1v) is 18.8. The van der Waals surface area contributed by atoms with E-state index in [1.54, 1.807) is 0 Å². The van der Waals surface area contributed by atoms with Crippen molar-refractivity contribution in [2.24, 2.45) is 0 Å². The molecule has 0 saturated heterocycles. The van der Waals surface area contributed by atoms with Crippen LogP contribution in [0.4, 0.5) is 17.1 Å². The van der Waals surface area contributed by atoms with Crippen LogP contribution in [0.25, 0.3) is 85.9 Å². The van der Waals surface area contributed by atoms with Gasteiger partial charge in [0.25, 0.3) is 0 Å². The average molecular weight is 694 g/mol. The van der Waals surface area contributed by atoms with Crippen LogP contribution in [0.1, 0.15) is 0 Å². The summed E-state index contributed by atoms with van der Waals surface area (Å²) in [4.78, 5) is 2.50. The number of thiophene rings is 1. The maximum Gasteiger partial charge on any atom is 0.137 e. The summed E-state index contributed by atoms with van der Waals surface area (Å²) in [5.74, 6) is 0. The molecule has 2 nitrogen and oxygen atoms in total. The number of anilines is 3. The second-order valence-electron chi connectivity index (χ2n) is 13.6. The number of para-hydroxylation sites is 1. The molecule has 0 amide bonds. The van der Waals surface area contributed by atoms with Crippen LogP contribution in [-0.2, 0) is 0 Å². The Balaban J connectivity index is 1.27. The Labute approximate surface area is 310 Å². The molecule has 2 aromatic heterocycles. The molecule has 53 heavy (non-hydrogen) atoms. The fraction of sp³-hybridized carbons (Fsp3) is 0. The first-order chi connectivity index (χ1) is 26.3. The second-order valence-corrected chi connectivity index (χ2v) is 14.7. The molecule has 0 radical (unpaired) electrons. The molecule has 0 fully saturated rings. The van der Waals surface area contributed by atoms with Crippen molar-refractivity contribution in [3.63, 3.8) is 0 Å². The van der Waals surface area contributed by atoms with Crippen LogP contribution in [0.15, 0.2) is 192 Å². The summed E-state index contributed by atoms with van der Waals surface area (Å²) >= 11 is 1.86. The van der Waals surface area contributed by atoms with E-state index < -0.39 is 0 Å². The van der Waals surface area contributed by atoms with Gasteiger partial charge >= 0.3 is 0 Å². The highest BCUT2D eigenvalue weighted by molar-refractivity contribution is 7.26. The topological polar surface area (TPSA) is 16.4 Å². The Bertz CT molecular complexity index is 3170. The third-order valence-corrected chi connectivity index (χ3v) is 11.9. The number of rotatable bonds is 5. The largest absolute Gasteiger partial charge is 0.456 e. The first-order valence-electron chi connectivity index (χ1n) is 18.0. The van der Waals surface area contributed by atoms with Gasteiger partial charge in [-0.1, -0.05) is 152 Å². The molecule has 11 aromatic rings. The van der Waals surface area contributed by atoms with Gasteiger partial charge < -0.3 is 9.32 Å². The molecular weight excluding hydrogens is 663 g/mol. The van der Waals surface area contributed by atoms with Crippen LogP contribution in [-0.4, -0.2) is 0 Å². The van der Waals surface area contributed by atoms with Crippen molar-refractivity contribution in [2.45, 2.75) is 0 Å². The normalized spacial score (nSPS) is 11.8. The number of benzene rings is 9. The number of hydrogen-bond donors (Lipinski definition) is 0. The van der Waals surface area contributed by atoms with Gasteiger partial charge in [-0.2, -0.15) is 0 Å². The van der Waals surface area contributed by atoms with E-state index in [-0.39, 0.29) is 0 Å². The van der Waals surface area contributed by atoms with Crippen molar-refractivity contribution in [3.8, 4) is 22.3 Å². The molecule has 0 aliphatic heterocycles. The molecule has 0 atom stereocenters. The molecule has 0 N–H and O–H groups in total. The Kier molecular flexibility index (Phi) is 6.76. The quantitative estimate of drug-likeness (QED) is 0.167. The second kappa shape index (κ2) is 11.9. The lowest BCUT2D eigenvalue weighted by Crippen LogP contribution is -2.12. The summed E-state index contributed by atoms with van der Waals surface area (Å²) in [5.41, 5.74) is 9.87. The van der Waals surface area contributed by atoms with E-state index >= 15 is 0 Å². The van der Waals surface area contributed by atoms with Crippen LogP contribution >= 0.6 is 11.3 Å². The zero-order valence-electron chi connectivity index (χ0n) is 28.7. The van der Waals surface area contributed by atoms with Crippen LogP contribution < -0.4 is 4.90 Å².